The molecular weight excluding hydrogens is 310 g/mol. The molecule has 0 spiro atoms. The van der Waals surface area contributed by atoms with Crippen LogP contribution in [0.1, 0.15) is 18.4 Å². The summed E-state index contributed by atoms with van der Waals surface area (Å²) in [5.41, 5.74) is 0.939. The van der Waals surface area contributed by atoms with E-state index in [9.17, 15) is 10.1 Å². The fourth-order valence-electron chi connectivity index (χ4n) is 2.48. The minimum Gasteiger partial charge on any atom is -0.313 e. The molecule has 0 aliphatic carbocycles. The minimum absolute atomic E-state index is 0.181. The zero-order chi connectivity index (χ0) is 13.8. The molecule has 1 aromatic carbocycles. The Morgan fingerprint density at radius 3 is 3.00 bits per heavy atom. The number of nitrogens with zero attached hydrogens (tertiary/aromatic N) is 2. The van der Waals surface area contributed by atoms with Crippen LogP contribution < -0.4 is 5.32 Å². The Morgan fingerprint density at radius 2 is 2.37 bits per heavy atom. The van der Waals surface area contributed by atoms with E-state index < -0.39 is 0 Å². The van der Waals surface area contributed by atoms with Crippen molar-refractivity contribution in [1.29, 1.82) is 0 Å². The van der Waals surface area contributed by atoms with E-state index in [4.69, 9.17) is 0 Å². The van der Waals surface area contributed by atoms with Crippen LogP contribution in [0.3, 0.4) is 0 Å². The Morgan fingerprint density at radius 1 is 1.58 bits per heavy atom. The summed E-state index contributed by atoms with van der Waals surface area (Å²) in [6.07, 6.45) is 2.41. The fraction of sp³-hybridized carbons (Fsp3) is 0.538. The van der Waals surface area contributed by atoms with Crippen LogP contribution in [0.15, 0.2) is 22.7 Å². The van der Waals surface area contributed by atoms with Crippen LogP contribution in [-0.4, -0.2) is 36.0 Å². The van der Waals surface area contributed by atoms with Crippen LogP contribution in [0.4, 0.5) is 5.69 Å². The first-order chi connectivity index (χ1) is 9.06. The molecule has 1 aliphatic heterocycles. The highest BCUT2D eigenvalue weighted by Crippen LogP contribution is 2.24. The maximum absolute atomic E-state index is 11.1. The molecular formula is C13H18BrN3O2. The molecule has 1 saturated heterocycles. The van der Waals surface area contributed by atoms with E-state index in [1.165, 1.54) is 12.8 Å². The van der Waals surface area contributed by atoms with E-state index in [2.05, 4.69) is 26.1 Å². The lowest BCUT2D eigenvalue weighted by atomic mass is 10.1. The van der Waals surface area contributed by atoms with Crippen LogP contribution in [-0.2, 0) is 6.54 Å². The number of likely N-dealkylation sites (N-methyl/N-ethyl adjacent to an activating group) is 1. The van der Waals surface area contributed by atoms with Crippen LogP contribution in [0.5, 0.6) is 0 Å². The van der Waals surface area contributed by atoms with Crippen LogP contribution in [0, 0.1) is 10.1 Å². The number of benzene rings is 1. The van der Waals surface area contributed by atoms with Crippen LogP contribution in [0.25, 0.3) is 0 Å². The van der Waals surface area contributed by atoms with E-state index in [1.807, 2.05) is 19.2 Å². The second-order valence-corrected chi connectivity index (χ2v) is 5.94. The third-order valence-corrected chi connectivity index (χ3v) is 3.87. The zero-order valence-electron chi connectivity index (χ0n) is 10.9. The molecule has 0 bridgehead atoms. The standard InChI is InChI=1S/C13H18BrN3O2/c1-16(9-12-3-2-6-15-12)8-10-4-5-11(14)7-13(10)17(18)19/h4-5,7,12,15H,2-3,6,8-9H2,1H3. The molecule has 5 nitrogen and oxygen atoms in total. The van der Waals surface area contributed by atoms with Gasteiger partial charge in [0.1, 0.15) is 0 Å². The zero-order valence-corrected chi connectivity index (χ0v) is 12.5. The van der Waals surface area contributed by atoms with E-state index >= 15 is 0 Å². The first kappa shape index (κ1) is 14.4. The summed E-state index contributed by atoms with van der Waals surface area (Å²) >= 11 is 3.27. The van der Waals surface area contributed by atoms with Gasteiger partial charge in [-0.05, 0) is 38.6 Å². The Bertz CT molecular complexity index is 461. The van der Waals surface area contributed by atoms with E-state index in [1.54, 1.807) is 6.07 Å². The van der Waals surface area contributed by atoms with Crippen molar-refractivity contribution in [3.05, 3.63) is 38.3 Å². The molecule has 19 heavy (non-hydrogen) atoms. The Balaban J connectivity index is 2.03. The highest BCUT2D eigenvalue weighted by Gasteiger charge is 2.19. The number of nitro groups is 1. The smallest absolute Gasteiger partial charge is 0.275 e. The van der Waals surface area contributed by atoms with Crippen molar-refractivity contribution < 1.29 is 4.92 Å². The van der Waals surface area contributed by atoms with Gasteiger partial charge in [-0.25, -0.2) is 0 Å². The van der Waals surface area contributed by atoms with Gasteiger partial charge in [-0.15, -0.1) is 0 Å². The second kappa shape index (κ2) is 6.45. The molecule has 104 valence electrons. The SMILES string of the molecule is CN(Cc1ccc(Br)cc1[N+](=O)[O-])CC1CCCN1. The largest absolute Gasteiger partial charge is 0.313 e. The van der Waals surface area contributed by atoms with Gasteiger partial charge in [0.2, 0.25) is 0 Å². The van der Waals surface area contributed by atoms with Crippen LogP contribution in [0.2, 0.25) is 0 Å². The maximum Gasteiger partial charge on any atom is 0.275 e. The molecule has 1 aromatic rings. The molecule has 1 fully saturated rings. The highest BCUT2D eigenvalue weighted by atomic mass is 79.9. The topological polar surface area (TPSA) is 58.4 Å². The fourth-order valence-corrected chi connectivity index (χ4v) is 2.83. The average Bonchev–Trinajstić information content (AvgIpc) is 2.83. The van der Waals surface area contributed by atoms with Crippen LogP contribution >= 0.6 is 15.9 Å². The molecule has 1 heterocycles. The van der Waals surface area contributed by atoms with Gasteiger partial charge in [0.25, 0.3) is 5.69 Å². The monoisotopic (exact) mass is 327 g/mol. The van der Waals surface area contributed by atoms with Gasteiger partial charge in [0, 0.05) is 35.2 Å². The van der Waals surface area contributed by atoms with E-state index in [0.717, 1.165) is 23.1 Å². The molecule has 0 saturated carbocycles. The lowest BCUT2D eigenvalue weighted by molar-refractivity contribution is -0.385. The van der Waals surface area contributed by atoms with Gasteiger partial charge in [-0.2, -0.15) is 0 Å². The normalized spacial score (nSPS) is 19.0. The lowest BCUT2D eigenvalue weighted by Gasteiger charge is -2.21. The van der Waals surface area contributed by atoms with Gasteiger partial charge in [-0.1, -0.05) is 15.9 Å². The van der Waals surface area contributed by atoms with Crippen molar-refractivity contribution in [2.24, 2.45) is 0 Å². The molecule has 1 N–H and O–H groups in total. The summed E-state index contributed by atoms with van der Waals surface area (Å²) < 4.78 is 0.739. The van der Waals surface area contributed by atoms with Crippen molar-refractivity contribution in [2.45, 2.75) is 25.4 Å². The number of hydrogen-bond acceptors (Lipinski definition) is 4. The van der Waals surface area contributed by atoms with Crippen molar-refractivity contribution in [1.82, 2.24) is 10.2 Å². The summed E-state index contributed by atoms with van der Waals surface area (Å²) in [5.74, 6) is 0. The molecule has 1 atom stereocenters. The summed E-state index contributed by atoms with van der Waals surface area (Å²) in [5, 5.41) is 14.5. The van der Waals surface area contributed by atoms with E-state index in [-0.39, 0.29) is 10.6 Å². The summed E-state index contributed by atoms with van der Waals surface area (Å²) in [6.45, 7) is 2.60. The third-order valence-electron chi connectivity index (χ3n) is 3.38. The number of nitrogens with one attached hydrogen (secondary N) is 1. The number of rotatable bonds is 5. The number of nitro benzene ring substituents is 1. The first-order valence-electron chi connectivity index (χ1n) is 6.41. The summed E-state index contributed by atoms with van der Waals surface area (Å²) in [4.78, 5) is 12.9. The van der Waals surface area contributed by atoms with Gasteiger partial charge >= 0.3 is 0 Å². The van der Waals surface area contributed by atoms with Gasteiger partial charge < -0.3 is 10.2 Å². The molecule has 1 aliphatic rings. The second-order valence-electron chi connectivity index (χ2n) is 5.02. The third kappa shape index (κ3) is 3.99. The van der Waals surface area contributed by atoms with E-state index in [0.29, 0.717) is 12.6 Å². The van der Waals surface area contributed by atoms with Gasteiger partial charge in [0.15, 0.2) is 0 Å². The number of halogens is 1. The van der Waals surface area contributed by atoms with Crippen molar-refractivity contribution in [3.8, 4) is 0 Å². The molecule has 1 unspecified atom stereocenters. The quantitative estimate of drug-likeness (QED) is 0.667. The summed E-state index contributed by atoms with van der Waals surface area (Å²) in [7, 11) is 2.01. The van der Waals surface area contributed by atoms with Crippen molar-refractivity contribution in [2.75, 3.05) is 20.1 Å². The lowest BCUT2D eigenvalue weighted by Crippen LogP contribution is -2.35. The Labute approximate surface area is 121 Å². The molecule has 0 radical (unpaired) electrons. The average molecular weight is 328 g/mol. The number of hydrogen-bond donors (Lipinski definition) is 1. The van der Waals surface area contributed by atoms with Crippen molar-refractivity contribution in [3.63, 3.8) is 0 Å². The van der Waals surface area contributed by atoms with Gasteiger partial charge in [-0.3, -0.25) is 10.1 Å². The molecule has 2 rings (SSSR count). The first-order valence-corrected chi connectivity index (χ1v) is 7.20. The Hall–Kier alpha value is -0.980. The maximum atomic E-state index is 11.1. The molecule has 6 heteroatoms. The van der Waals surface area contributed by atoms with Gasteiger partial charge in [0.05, 0.1) is 4.92 Å². The highest BCUT2D eigenvalue weighted by molar-refractivity contribution is 9.10. The van der Waals surface area contributed by atoms with Crippen molar-refractivity contribution >= 4 is 21.6 Å². The molecule has 0 aromatic heterocycles. The summed E-state index contributed by atoms with van der Waals surface area (Å²) in [6, 6.07) is 5.75. The molecule has 0 amide bonds. The predicted molar refractivity (Wildman–Crippen MR) is 78.2 cm³/mol. The Kier molecular flexibility index (Phi) is 4.90. The predicted octanol–water partition coefficient (Wildman–Crippen LogP) is 2.54. The minimum atomic E-state index is -0.318.